The van der Waals surface area contributed by atoms with Crippen molar-refractivity contribution in [3.05, 3.63) is 23.9 Å². The summed E-state index contributed by atoms with van der Waals surface area (Å²) in [5.74, 6) is 0.584. The molecule has 22 heavy (non-hydrogen) atoms. The van der Waals surface area contributed by atoms with E-state index in [1.807, 2.05) is 7.05 Å². The van der Waals surface area contributed by atoms with Crippen molar-refractivity contribution < 1.29 is 19.4 Å². The zero-order valence-electron chi connectivity index (χ0n) is 12.9. The van der Waals surface area contributed by atoms with Gasteiger partial charge in [0.15, 0.2) is 0 Å². The highest BCUT2D eigenvalue weighted by Crippen LogP contribution is 2.12. The fourth-order valence-electron chi connectivity index (χ4n) is 2.30. The lowest BCUT2D eigenvalue weighted by molar-refractivity contribution is -0.122. The Morgan fingerprint density at radius 3 is 2.82 bits per heavy atom. The number of carboxylic acid groups (broad SMARTS) is 1. The second kappa shape index (κ2) is 8.96. The Morgan fingerprint density at radius 2 is 2.23 bits per heavy atom. The summed E-state index contributed by atoms with van der Waals surface area (Å²) in [6, 6.07) is 3.46. The van der Waals surface area contributed by atoms with Crippen molar-refractivity contribution >= 4 is 18.2 Å². The molecule has 0 unspecified atom stereocenters. The van der Waals surface area contributed by atoms with Crippen molar-refractivity contribution in [2.45, 2.75) is 12.1 Å². The minimum atomic E-state index is -0.250. The standard InChI is InChI=1S/C13H20N4O2.CH2O2/c1-14-12-6-9(4-5-15-12)13(18)16-10-7-17(2)8-11(10)19-3;2-1-3/h4-6,10-11H,7-8H2,1-3H3,(H,14,15)(H,16,18);1H,(H,2,3)/t10-,11-;/m0./s1. The van der Waals surface area contributed by atoms with Crippen LogP contribution in [0.25, 0.3) is 0 Å². The molecule has 0 bridgehead atoms. The highest BCUT2D eigenvalue weighted by molar-refractivity contribution is 5.95. The number of likely N-dealkylation sites (N-methyl/N-ethyl adjacent to an activating group) is 1. The molecule has 1 saturated heterocycles. The number of amides is 1. The molecule has 0 spiro atoms. The maximum atomic E-state index is 12.2. The molecule has 1 amide bonds. The van der Waals surface area contributed by atoms with Crippen LogP contribution in [0.4, 0.5) is 5.82 Å². The maximum Gasteiger partial charge on any atom is 0.290 e. The van der Waals surface area contributed by atoms with E-state index in [0.29, 0.717) is 11.4 Å². The number of rotatable bonds is 4. The smallest absolute Gasteiger partial charge is 0.290 e. The largest absolute Gasteiger partial charge is 0.483 e. The number of carbonyl (C=O) groups excluding carboxylic acids is 1. The normalized spacial score (nSPS) is 20.7. The van der Waals surface area contributed by atoms with Crippen molar-refractivity contribution in [3.63, 3.8) is 0 Å². The summed E-state index contributed by atoms with van der Waals surface area (Å²) in [4.78, 5) is 26.8. The number of aromatic nitrogens is 1. The average Bonchev–Trinajstić information content (AvgIpc) is 2.87. The van der Waals surface area contributed by atoms with Crippen LogP contribution in [0.15, 0.2) is 18.3 Å². The van der Waals surface area contributed by atoms with E-state index in [4.69, 9.17) is 14.6 Å². The van der Waals surface area contributed by atoms with Crippen LogP contribution < -0.4 is 10.6 Å². The number of methoxy groups -OCH3 is 1. The number of nitrogens with one attached hydrogen (secondary N) is 2. The highest BCUT2D eigenvalue weighted by Gasteiger charge is 2.32. The topological polar surface area (TPSA) is 104 Å². The number of carbonyl (C=O) groups is 2. The molecule has 8 nitrogen and oxygen atoms in total. The van der Waals surface area contributed by atoms with Gasteiger partial charge in [0.2, 0.25) is 0 Å². The van der Waals surface area contributed by atoms with Crippen LogP contribution in [0.3, 0.4) is 0 Å². The zero-order chi connectivity index (χ0) is 16.5. The van der Waals surface area contributed by atoms with Gasteiger partial charge in [0.05, 0.1) is 12.1 Å². The van der Waals surface area contributed by atoms with Crippen LogP contribution in [0.5, 0.6) is 0 Å². The van der Waals surface area contributed by atoms with Gasteiger partial charge in [0.1, 0.15) is 5.82 Å². The highest BCUT2D eigenvalue weighted by atomic mass is 16.5. The van der Waals surface area contributed by atoms with Crippen LogP contribution in [0.1, 0.15) is 10.4 Å². The molecule has 1 fully saturated rings. The molecule has 1 aromatic rings. The minimum absolute atomic E-state index is 0.0219. The summed E-state index contributed by atoms with van der Waals surface area (Å²) in [7, 11) is 5.47. The Labute approximate surface area is 129 Å². The van der Waals surface area contributed by atoms with E-state index in [9.17, 15) is 4.79 Å². The van der Waals surface area contributed by atoms with Crippen molar-refractivity contribution in [3.8, 4) is 0 Å². The fraction of sp³-hybridized carbons (Fsp3) is 0.500. The molecular formula is C14H22N4O4. The monoisotopic (exact) mass is 310 g/mol. The van der Waals surface area contributed by atoms with Gasteiger partial charge in [0.25, 0.3) is 12.4 Å². The van der Waals surface area contributed by atoms with Gasteiger partial charge in [-0.3, -0.25) is 9.59 Å². The van der Waals surface area contributed by atoms with Gasteiger partial charge in [0, 0.05) is 39.0 Å². The summed E-state index contributed by atoms with van der Waals surface area (Å²) >= 11 is 0. The van der Waals surface area contributed by atoms with Crippen molar-refractivity contribution in [2.24, 2.45) is 0 Å². The predicted octanol–water partition coefficient (Wildman–Crippen LogP) is -0.117. The first-order valence-corrected chi connectivity index (χ1v) is 6.79. The number of ether oxygens (including phenoxy) is 1. The van der Waals surface area contributed by atoms with E-state index >= 15 is 0 Å². The molecule has 1 aromatic heterocycles. The van der Waals surface area contributed by atoms with E-state index < -0.39 is 0 Å². The van der Waals surface area contributed by atoms with Crippen LogP contribution in [0.2, 0.25) is 0 Å². The van der Waals surface area contributed by atoms with Crippen molar-refractivity contribution in [1.29, 1.82) is 0 Å². The molecule has 122 valence electrons. The second-order valence-corrected chi connectivity index (χ2v) is 4.86. The van der Waals surface area contributed by atoms with Gasteiger partial charge in [-0.1, -0.05) is 0 Å². The Bertz CT molecular complexity index is 497. The third kappa shape index (κ3) is 4.97. The van der Waals surface area contributed by atoms with Crippen LogP contribution in [0, 0.1) is 0 Å². The van der Waals surface area contributed by atoms with E-state index in [1.165, 1.54) is 0 Å². The van der Waals surface area contributed by atoms with E-state index in [-0.39, 0.29) is 24.5 Å². The molecule has 8 heteroatoms. The van der Waals surface area contributed by atoms with E-state index in [0.717, 1.165) is 13.1 Å². The molecule has 2 rings (SSSR count). The van der Waals surface area contributed by atoms with Gasteiger partial charge in [-0.05, 0) is 19.2 Å². The molecule has 1 aliphatic heterocycles. The first-order valence-electron chi connectivity index (χ1n) is 6.79. The molecule has 0 saturated carbocycles. The third-order valence-corrected chi connectivity index (χ3v) is 3.35. The summed E-state index contributed by atoms with van der Waals surface area (Å²) in [5, 5.41) is 12.8. The van der Waals surface area contributed by atoms with Crippen LogP contribution in [-0.2, 0) is 9.53 Å². The molecular weight excluding hydrogens is 288 g/mol. The zero-order valence-corrected chi connectivity index (χ0v) is 12.9. The summed E-state index contributed by atoms with van der Waals surface area (Å²) in [5.41, 5.74) is 0.601. The molecule has 0 aliphatic carbocycles. The number of hydrogen-bond acceptors (Lipinski definition) is 6. The molecule has 0 radical (unpaired) electrons. The van der Waals surface area contributed by atoms with Crippen LogP contribution in [-0.4, -0.2) is 73.8 Å². The van der Waals surface area contributed by atoms with Gasteiger partial charge in [-0.2, -0.15) is 0 Å². The van der Waals surface area contributed by atoms with Gasteiger partial charge in [-0.25, -0.2) is 4.98 Å². The van der Waals surface area contributed by atoms with Gasteiger partial charge < -0.3 is 25.4 Å². The molecule has 2 heterocycles. The Hall–Kier alpha value is -2.19. The predicted molar refractivity (Wildman–Crippen MR) is 82.0 cm³/mol. The van der Waals surface area contributed by atoms with Gasteiger partial charge in [-0.15, -0.1) is 0 Å². The Kier molecular flexibility index (Phi) is 7.27. The number of hydrogen-bond donors (Lipinski definition) is 3. The number of likely N-dealkylation sites (tertiary alicyclic amines) is 1. The molecule has 3 N–H and O–H groups in total. The SMILES string of the molecule is CNc1cc(C(=O)N[C@H]2CN(C)C[C@@H]2OC)ccn1.O=CO. The quantitative estimate of drug-likeness (QED) is 0.666. The van der Waals surface area contributed by atoms with E-state index in [1.54, 1.807) is 32.5 Å². The number of anilines is 1. The van der Waals surface area contributed by atoms with Crippen molar-refractivity contribution in [1.82, 2.24) is 15.2 Å². The lowest BCUT2D eigenvalue weighted by Crippen LogP contribution is -2.43. The van der Waals surface area contributed by atoms with Crippen LogP contribution >= 0.6 is 0 Å². The minimum Gasteiger partial charge on any atom is -0.483 e. The van der Waals surface area contributed by atoms with Crippen molar-refractivity contribution in [2.75, 3.05) is 39.6 Å². The second-order valence-electron chi connectivity index (χ2n) is 4.86. The maximum absolute atomic E-state index is 12.2. The van der Waals surface area contributed by atoms with E-state index in [2.05, 4.69) is 20.5 Å². The third-order valence-electron chi connectivity index (χ3n) is 3.35. The first kappa shape index (κ1) is 17.9. The summed E-state index contributed by atoms with van der Waals surface area (Å²) in [6.45, 7) is 1.38. The fourth-order valence-corrected chi connectivity index (χ4v) is 2.30. The molecule has 0 aromatic carbocycles. The van der Waals surface area contributed by atoms with Gasteiger partial charge >= 0.3 is 0 Å². The number of pyridine rings is 1. The summed E-state index contributed by atoms with van der Waals surface area (Å²) in [6.07, 6.45) is 1.66. The Balaban J connectivity index is 0.000000745. The summed E-state index contributed by atoms with van der Waals surface area (Å²) < 4.78 is 5.39. The first-order chi connectivity index (χ1) is 10.5. The number of nitrogens with zero attached hydrogens (tertiary/aromatic N) is 2. The average molecular weight is 310 g/mol. The molecule has 2 atom stereocenters. The Morgan fingerprint density at radius 1 is 1.55 bits per heavy atom. The lowest BCUT2D eigenvalue weighted by atomic mass is 10.2. The lowest BCUT2D eigenvalue weighted by Gasteiger charge is -2.18. The molecule has 1 aliphatic rings.